The van der Waals surface area contributed by atoms with Crippen LogP contribution in [-0.2, 0) is 4.79 Å². The van der Waals surface area contributed by atoms with Gasteiger partial charge >= 0.3 is 0 Å². The predicted octanol–water partition coefficient (Wildman–Crippen LogP) is 4.47. The largest absolute Gasteiger partial charge is 0.479 e. The van der Waals surface area contributed by atoms with Crippen molar-refractivity contribution in [3.8, 4) is 5.75 Å². The molecule has 1 atom stereocenters. The first-order valence-electron chi connectivity index (χ1n) is 7.16. The third-order valence-electron chi connectivity index (χ3n) is 3.14. The highest BCUT2D eigenvalue weighted by molar-refractivity contribution is 6.35. The number of ether oxygens (including phenoxy) is 1. The molecule has 0 aliphatic carbocycles. The van der Waals surface area contributed by atoms with Crippen LogP contribution in [0.4, 0.5) is 5.69 Å². The number of nitrogens with one attached hydrogen (secondary N) is 1. The summed E-state index contributed by atoms with van der Waals surface area (Å²) in [5.74, 6) is -0.216. The number of carbonyl (C=O) groups excluding carboxylic acids is 1. The van der Waals surface area contributed by atoms with Crippen molar-refractivity contribution in [2.24, 2.45) is 5.10 Å². The molecule has 0 saturated heterocycles. The van der Waals surface area contributed by atoms with Crippen LogP contribution < -0.4 is 10.2 Å². The lowest BCUT2D eigenvalue weighted by atomic mass is 10.2. The Hall–Kier alpha value is -2.35. The van der Waals surface area contributed by atoms with Crippen molar-refractivity contribution in [3.05, 3.63) is 67.1 Å². The molecule has 7 nitrogen and oxygen atoms in total. The van der Waals surface area contributed by atoms with Crippen molar-refractivity contribution in [3.63, 3.8) is 0 Å². The van der Waals surface area contributed by atoms with E-state index in [0.717, 1.165) is 0 Å². The van der Waals surface area contributed by atoms with E-state index in [1.807, 2.05) is 0 Å². The fourth-order valence-electron chi connectivity index (χ4n) is 1.81. The minimum atomic E-state index is -0.877. The Morgan fingerprint density at radius 2 is 1.96 bits per heavy atom. The van der Waals surface area contributed by atoms with E-state index in [9.17, 15) is 14.9 Å². The average molecular weight is 417 g/mol. The Kier molecular flexibility index (Phi) is 6.79. The zero-order valence-electron chi connectivity index (χ0n) is 13.3. The van der Waals surface area contributed by atoms with Gasteiger partial charge in [0.1, 0.15) is 5.75 Å². The van der Waals surface area contributed by atoms with Crippen molar-refractivity contribution in [1.82, 2.24) is 5.43 Å². The first-order chi connectivity index (χ1) is 12.3. The van der Waals surface area contributed by atoms with Gasteiger partial charge in [0, 0.05) is 22.7 Å². The first-order valence-corrected chi connectivity index (χ1v) is 8.30. The van der Waals surface area contributed by atoms with Crippen LogP contribution in [0.5, 0.6) is 5.75 Å². The SMILES string of the molecule is CC(Oc1ccc(Cl)cc1Cl)C(=O)NN=Cc1ccc([N+](=O)[O-])cc1Cl. The molecule has 0 aromatic heterocycles. The molecule has 0 spiro atoms. The lowest BCUT2D eigenvalue weighted by Gasteiger charge is -2.14. The summed E-state index contributed by atoms with van der Waals surface area (Å²) in [7, 11) is 0. The van der Waals surface area contributed by atoms with E-state index in [1.54, 1.807) is 12.1 Å². The molecule has 0 fully saturated rings. The summed E-state index contributed by atoms with van der Waals surface area (Å²) >= 11 is 17.7. The van der Waals surface area contributed by atoms with Gasteiger partial charge in [-0.1, -0.05) is 34.8 Å². The van der Waals surface area contributed by atoms with Crippen LogP contribution in [0.15, 0.2) is 41.5 Å². The maximum absolute atomic E-state index is 12.0. The number of hydrogen-bond acceptors (Lipinski definition) is 5. The van der Waals surface area contributed by atoms with Gasteiger partial charge in [0.05, 0.1) is 21.2 Å². The summed E-state index contributed by atoms with van der Waals surface area (Å²) in [6.07, 6.45) is 0.393. The molecule has 10 heteroatoms. The summed E-state index contributed by atoms with van der Waals surface area (Å²) in [4.78, 5) is 22.1. The number of halogens is 3. The zero-order chi connectivity index (χ0) is 19.3. The number of nitrogens with zero attached hydrogens (tertiary/aromatic N) is 2. The van der Waals surface area contributed by atoms with Crippen molar-refractivity contribution in [2.45, 2.75) is 13.0 Å². The number of non-ortho nitro benzene ring substituents is 1. The number of hydrazone groups is 1. The Bertz CT molecular complexity index is 874. The van der Waals surface area contributed by atoms with Gasteiger partial charge in [-0.05, 0) is 31.2 Å². The summed E-state index contributed by atoms with van der Waals surface area (Å²) < 4.78 is 5.45. The van der Waals surface area contributed by atoms with E-state index in [2.05, 4.69) is 10.5 Å². The molecule has 0 aliphatic heterocycles. The van der Waals surface area contributed by atoms with Gasteiger partial charge in [0.25, 0.3) is 11.6 Å². The topological polar surface area (TPSA) is 93.8 Å². The maximum Gasteiger partial charge on any atom is 0.280 e. The Morgan fingerprint density at radius 1 is 1.23 bits per heavy atom. The number of hydrogen-bond donors (Lipinski definition) is 1. The number of nitro groups is 1. The Morgan fingerprint density at radius 3 is 2.58 bits per heavy atom. The van der Waals surface area contributed by atoms with E-state index in [0.29, 0.717) is 16.3 Å². The van der Waals surface area contributed by atoms with E-state index < -0.39 is 16.9 Å². The fraction of sp³-hybridized carbons (Fsp3) is 0.125. The Labute approximate surface area is 163 Å². The molecule has 2 aromatic carbocycles. The molecule has 136 valence electrons. The summed E-state index contributed by atoms with van der Waals surface area (Å²) in [6.45, 7) is 1.52. The minimum Gasteiger partial charge on any atom is -0.479 e. The van der Waals surface area contributed by atoms with Crippen molar-refractivity contribution >= 4 is 52.6 Å². The Balaban J connectivity index is 1.97. The highest BCUT2D eigenvalue weighted by atomic mass is 35.5. The van der Waals surface area contributed by atoms with Gasteiger partial charge in [-0.3, -0.25) is 14.9 Å². The smallest absolute Gasteiger partial charge is 0.280 e. The molecule has 1 N–H and O–H groups in total. The van der Waals surface area contributed by atoms with Crippen LogP contribution in [0.25, 0.3) is 0 Å². The maximum atomic E-state index is 12.0. The molecule has 0 saturated carbocycles. The van der Waals surface area contributed by atoms with Crippen molar-refractivity contribution in [2.75, 3.05) is 0 Å². The van der Waals surface area contributed by atoms with E-state index in [4.69, 9.17) is 39.5 Å². The third-order valence-corrected chi connectivity index (χ3v) is 4.00. The van der Waals surface area contributed by atoms with Crippen LogP contribution in [0, 0.1) is 10.1 Å². The van der Waals surface area contributed by atoms with Crippen LogP contribution in [0.2, 0.25) is 15.1 Å². The second-order valence-corrected chi connectivity index (χ2v) is 6.28. The van der Waals surface area contributed by atoms with E-state index in [1.165, 1.54) is 37.4 Å². The van der Waals surface area contributed by atoms with E-state index in [-0.39, 0.29) is 15.7 Å². The lowest BCUT2D eigenvalue weighted by molar-refractivity contribution is -0.384. The molecule has 0 bridgehead atoms. The fourth-order valence-corrected chi connectivity index (χ4v) is 2.48. The molecular weight excluding hydrogens is 405 g/mol. The average Bonchev–Trinajstić information content (AvgIpc) is 2.58. The highest BCUT2D eigenvalue weighted by Crippen LogP contribution is 2.28. The van der Waals surface area contributed by atoms with Gasteiger partial charge < -0.3 is 4.74 Å². The van der Waals surface area contributed by atoms with Crippen LogP contribution in [0.1, 0.15) is 12.5 Å². The second-order valence-electron chi connectivity index (χ2n) is 5.03. The number of carbonyl (C=O) groups is 1. The van der Waals surface area contributed by atoms with Crippen LogP contribution in [0.3, 0.4) is 0 Å². The van der Waals surface area contributed by atoms with Gasteiger partial charge in [0.15, 0.2) is 6.10 Å². The normalized spacial score (nSPS) is 12.0. The van der Waals surface area contributed by atoms with Crippen LogP contribution in [-0.4, -0.2) is 23.1 Å². The number of rotatable bonds is 6. The molecule has 1 amide bonds. The van der Waals surface area contributed by atoms with Gasteiger partial charge in [-0.2, -0.15) is 5.10 Å². The quantitative estimate of drug-likeness (QED) is 0.427. The van der Waals surface area contributed by atoms with Gasteiger partial charge in [-0.25, -0.2) is 5.43 Å². The molecular formula is C16H12Cl3N3O4. The number of amides is 1. The highest BCUT2D eigenvalue weighted by Gasteiger charge is 2.16. The third kappa shape index (κ3) is 5.32. The predicted molar refractivity (Wildman–Crippen MR) is 100 cm³/mol. The molecule has 0 heterocycles. The zero-order valence-corrected chi connectivity index (χ0v) is 15.5. The monoisotopic (exact) mass is 415 g/mol. The number of nitro benzene ring substituents is 1. The number of benzene rings is 2. The molecule has 0 radical (unpaired) electrons. The molecule has 2 rings (SSSR count). The van der Waals surface area contributed by atoms with Gasteiger partial charge in [-0.15, -0.1) is 0 Å². The summed E-state index contributed by atoms with van der Waals surface area (Å²) in [6, 6.07) is 8.53. The molecule has 0 aliphatic rings. The summed E-state index contributed by atoms with van der Waals surface area (Å²) in [5, 5.41) is 15.3. The minimum absolute atomic E-state index is 0.134. The second kappa shape index (κ2) is 8.84. The molecule has 2 aromatic rings. The summed E-state index contributed by atoms with van der Waals surface area (Å²) in [5.41, 5.74) is 2.56. The van der Waals surface area contributed by atoms with E-state index >= 15 is 0 Å². The molecule has 26 heavy (non-hydrogen) atoms. The van der Waals surface area contributed by atoms with Crippen molar-refractivity contribution in [1.29, 1.82) is 0 Å². The standard InChI is InChI=1S/C16H12Cl3N3O4/c1-9(26-15-5-3-11(17)6-14(15)19)16(23)21-20-8-10-2-4-12(22(24)25)7-13(10)18/h2-9H,1H3,(H,21,23). The lowest BCUT2D eigenvalue weighted by Crippen LogP contribution is -2.33. The van der Waals surface area contributed by atoms with Crippen molar-refractivity contribution < 1.29 is 14.5 Å². The van der Waals surface area contributed by atoms with Crippen LogP contribution >= 0.6 is 34.8 Å². The first kappa shape index (κ1) is 20.0. The molecule has 1 unspecified atom stereocenters. The van der Waals surface area contributed by atoms with Gasteiger partial charge in [0.2, 0.25) is 0 Å².